The molecule has 0 bridgehead atoms. The topological polar surface area (TPSA) is 105 Å². The maximum Gasteiger partial charge on any atom is 0.451 e. The fourth-order valence-corrected chi connectivity index (χ4v) is 5.83. The Morgan fingerprint density at radius 2 is 1.00 bits per heavy atom. The Kier molecular flexibility index (Phi) is 8.59. The van der Waals surface area contributed by atoms with Gasteiger partial charge in [-0.3, -0.25) is 18.6 Å². The molecule has 3 rings (SSSR count). The van der Waals surface area contributed by atoms with Crippen molar-refractivity contribution < 1.29 is 36.8 Å². The molecule has 2 unspecified atom stereocenters. The van der Waals surface area contributed by atoms with E-state index in [4.69, 9.17) is 18.1 Å². The highest BCUT2D eigenvalue weighted by atomic mass is 31.2. The van der Waals surface area contributed by atoms with Crippen LogP contribution in [0.5, 0.6) is 11.5 Å². The number of hydrogen-bond acceptors (Lipinski definition) is 8. The summed E-state index contributed by atoms with van der Waals surface area (Å²) in [5.74, 6) is 0.383. The normalized spacial score (nSPS) is 14.4. The van der Waals surface area contributed by atoms with E-state index < -0.39 is 26.2 Å². The number of para-hydroxylation sites is 2. The first kappa shape index (κ1) is 25.6. The monoisotopic (exact) mass is 502 g/mol. The molecule has 34 heavy (non-hydrogen) atoms. The van der Waals surface area contributed by atoms with Gasteiger partial charge in [-0.2, -0.15) is 0 Å². The molecule has 0 aromatic heterocycles. The number of carbonyl (C=O) groups is 2. The van der Waals surface area contributed by atoms with Gasteiger partial charge in [0, 0.05) is 11.1 Å². The van der Waals surface area contributed by atoms with Gasteiger partial charge >= 0.3 is 15.2 Å². The second-order valence-corrected chi connectivity index (χ2v) is 10.5. The van der Waals surface area contributed by atoms with Gasteiger partial charge in [0.05, 0.1) is 13.2 Å². The molecule has 10 heteroatoms. The first-order chi connectivity index (χ1) is 16.3. The minimum atomic E-state index is -4.29. The van der Waals surface area contributed by atoms with Crippen LogP contribution >= 0.6 is 15.2 Å². The zero-order chi connectivity index (χ0) is 24.6. The van der Waals surface area contributed by atoms with Crippen LogP contribution in [0.2, 0.25) is 0 Å². The lowest BCUT2D eigenvalue weighted by atomic mass is 10.1. The average molecular weight is 502 g/mol. The van der Waals surface area contributed by atoms with Crippen LogP contribution in [-0.2, 0) is 18.2 Å². The van der Waals surface area contributed by atoms with Crippen LogP contribution in [0.15, 0.2) is 84.9 Å². The molecule has 0 aliphatic carbocycles. The van der Waals surface area contributed by atoms with Gasteiger partial charge in [-0.15, -0.1) is 0 Å². The Morgan fingerprint density at radius 3 is 1.35 bits per heavy atom. The first-order valence-corrected chi connectivity index (χ1v) is 13.6. The zero-order valence-electron chi connectivity index (χ0n) is 18.7. The predicted octanol–water partition coefficient (Wildman–Crippen LogP) is 6.58. The van der Waals surface area contributed by atoms with Gasteiger partial charge in [0.15, 0.2) is 0 Å². The fraction of sp³-hybridized carbons (Fsp3) is 0.167. The molecule has 0 amide bonds. The molecule has 2 atom stereocenters. The number of benzene rings is 3. The Bertz CT molecular complexity index is 1140. The molecule has 8 nitrogen and oxygen atoms in total. The van der Waals surface area contributed by atoms with Gasteiger partial charge in [-0.25, -0.2) is 9.13 Å². The van der Waals surface area contributed by atoms with Crippen LogP contribution in [0.25, 0.3) is 0 Å². The molecule has 3 aromatic carbocycles. The maximum atomic E-state index is 13.3. The van der Waals surface area contributed by atoms with Crippen LogP contribution in [0.1, 0.15) is 34.6 Å². The van der Waals surface area contributed by atoms with E-state index in [1.165, 1.54) is 48.5 Å². The van der Waals surface area contributed by atoms with E-state index in [2.05, 4.69) is 0 Å². The van der Waals surface area contributed by atoms with Gasteiger partial charge in [-0.05, 0) is 44.2 Å². The van der Waals surface area contributed by atoms with Crippen molar-refractivity contribution in [3.63, 3.8) is 0 Å². The van der Waals surface area contributed by atoms with Crippen molar-refractivity contribution >= 4 is 26.2 Å². The number of rotatable bonds is 12. The van der Waals surface area contributed by atoms with E-state index in [0.717, 1.165) is 0 Å². The highest BCUT2D eigenvalue weighted by Crippen LogP contribution is 2.53. The van der Waals surface area contributed by atoms with Gasteiger partial charge in [0.2, 0.25) is 0 Å². The van der Waals surface area contributed by atoms with Crippen molar-refractivity contribution in [3.05, 3.63) is 96.1 Å². The second-order valence-electron chi connectivity index (χ2n) is 6.83. The third kappa shape index (κ3) is 6.10. The van der Waals surface area contributed by atoms with Crippen molar-refractivity contribution in [2.24, 2.45) is 0 Å². The summed E-state index contributed by atoms with van der Waals surface area (Å²) in [5.41, 5.74) is -2.10. The van der Waals surface area contributed by atoms with Crippen molar-refractivity contribution in [2.75, 3.05) is 13.2 Å². The van der Waals surface area contributed by atoms with Crippen LogP contribution in [0.4, 0.5) is 0 Å². The van der Waals surface area contributed by atoms with Crippen molar-refractivity contribution in [1.82, 2.24) is 0 Å². The summed E-state index contributed by atoms with van der Waals surface area (Å²) in [6.45, 7) is 3.07. The Morgan fingerprint density at radius 1 is 0.618 bits per heavy atom. The quantitative estimate of drug-likeness (QED) is 0.256. The summed E-state index contributed by atoms with van der Waals surface area (Å²) in [5, 5.41) is 0. The van der Waals surface area contributed by atoms with E-state index >= 15 is 0 Å². The first-order valence-electron chi connectivity index (χ1n) is 10.5. The summed E-state index contributed by atoms with van der Waals surface area (Å²) in [7, 11) is -8.59. The second kappa shape index (κ2) is 11.4. The maximum absolute atomic E-state index is 13.3. The smallest absolute Gasteiger partial charge is 0.419 e. The Balaban J connectivity index is 1.92. The van der Waals surface area contributed by atoms with E-state index in [9.17, 15) is 18.7 Å². The van der Waals surface area contributed by atoms with Crippen LogP contribution in [-0.4, -0.2) is 24.3 Å². The molecule has 0 fully saturated rings. The molecular formula is C24H24O8P2. The number of carbonyl (C=O) groups excluding carboxylic acids is 2. The van der Waals surface area contributed by atoms with E-state index in [-0.39, 0.29) is 35.8 Å². The minimum Gasteiger partial charge on any atom is -0.419 e. The van der Waals surface area contributed by atoms with E-state index in [0.29, 0.717) is 0 Å². The SMILES string of the molecule is CCOP(=O)(Oc1ccccc1)C(=O)c1cccc(C(=O)P(=O)(OCC)Oc2ccccc2)c1. The summed E-state index contributed by atoms with van der Waals surface area (Å²) in [4.78, 5) is 26.3. The van der Waals surface area contributed by atoms with Crippen LogP contribution in [0.3, 0.4) is 0 Å². The molecule has 0 heterocycles. The lowest BCUT2D eigenvalue weighted by Crippen LogP contribution is -2.12. The van der Waals surface area contributed by atoms with Gasteiger partial charge < -0.3 is 9.05 Å². The molecule has 3 aromatic rings. The third-order valence-corrected chi connectivity index (χ3v) is 8.00. The van der Waals surface area contributed by atoms with Gasteiger partial charge in [0.25, 0.3) is 11.0 Å². The lowest BCUT2D eigenvalue weighted by Gasteiger charge is -2.19. The van der Waals surface area contributed by atoms with Crippen LogP contribution in [0, 0.1) is 0 Å². The van der Waals surface area contributed by atoms with Crippen molar-refractivity contribution in [2.45, 2.75) is 13.8 Å². The largest absolute Gasteiger partial charge is 0.451 e. The van der Waals surface area contributed by atoms with Crippen molar-refractivity contribution in [3.8, 4) is 11.5 Å². The zero-order valence-corrected chi connectivity index (χ0v) is 20.4. The minimum absolute atomic E-state index is 0.0427. The van der Waals surface area contributed by atoms with E-state index in [1.807, 2.05) is 0 Å². The molecule has 0 radical (unpaired) electrons. The van der Waals surface area contributed by atoms with Crippen LogP contribution < -0.4 is 9.05 Å². The van der Waals surface area contributed by atoms with Gasteiger partial charge in [0.1, 0.15) is 11.5 Å². The fourth-order valence-electron chi connectivity index (χ4n) is 2.93. The molecule has 0 saturated carbocycles. The van der Waals surface area contributed by atoms with Gasteiger partial charge in [-0.1, -0.05) is 54.6 Å². The molecule has 0 aliphatic heterocycles. The molecular weight excluding hydrogens is 478 g/mol. The Hall–Kier alpha value is -3.02. The average Bonchev–Trinajstić information content (AvgIpc) is 2.84. The summed E-state index contributed by atoms with van der Waals surface area (Å²) in [6.07, 6.45) is 0. The standard InChI is InChI=1S/C24H24O8P2/c1-3-29-33(27,31-21-14-7-5-8-15-21)23(25)19-12-11-13-20(18-19)24(26)34(28,30-4-2)32-22-16-9-6-10-17-22/h5-18H,3-4H2,1-2H3. The molecule has 0 spiro atoms. The third-order valence-electron chi connectivity index (χ3n) is 4.39. The number of hydrogen-bond donors (Lipinski definition) is 0. The summed E-state index contributed by atoms with van der Waals surface area (Å²) >= 11 is 0. The molecule has 0 saturated heterocycles. The predicted molar refractivity (Wildman–Crippen MR) is 128 cm³/mol. The highest BCUT2D eigenvalue weighted by Gasteiger charge is 2.40. The molecule has 0 aliphatic rings. The van der Waals surface area contributed by atoms with Crippen molar-refractivity contribution in [1.29, 1.82) is 0 Å². The van der Waals surface area contributed by atoms with E-state index in [1.54, 1.807) is 50.2 Å². The summed E-state index contributed by atoms with van der Waals surface area (Å²) < 4.78 is 48.0. The Labute approximate surface area is 197 Å². The lowest BCUT2D eigenvalue weighted by molar-refractivity contribution is 0.102. The molecule has 0 N–H and O–H groups in total. The molecule has 178 valence electrons. The summed E-state index contributed by atoms with van der Waals surface area (Å²) in [6, 6.07) is 21.6. The highest BCUT2D eigenvalue weighted by molar-refractivity contribution is 7.73.